The van der Waals surface area contributed by atoms with Crippen LogP contribution >= 0.6 is 0 Å². The van der Waals surface area contributed by atoms with Crippen LogP contribution in [0, 0.1) is 11.3 Å². The number of furan rings is 1. The first kappa shape index (κ1) is 8.28. The van der Waals surface area contributed by atoms with Crippen molar-refractivity contribution in [2.75, 3.05) is 0 Å². The van der Waals surface area contributed by atoms with Gasteiger partial charge in [0, 0.05) is 6.08 Å². The summed E-state index contributed by atoms with van der Waals surface area (Å²) in [6, 6.07) is 5.17. The van der Waals surface area contributed by atoms with Gasteiger partial charge in [-0.05, 0) is 19.1 Å². The van der Waals surface area contributed by atoms with Crippen molar-refractivity contribution in [3.05, 3.63) is 29.7 Å². The van der Waals surface area contributed by atoms with E-state index in [1.807, 2.05) is 0 Å². The molecule has 0 aliphatic rings. The molecule has 0 N–H and O–H groups in total. The summed E-state index contributed by atoms with van der Waals surface area (Å²) in [6.07, 6.45) is 2.91. The van der Waals surface area contributed by atoms with Crippen LogP contribution in [0.25, 0.3) is 6.08 Å². The highest BCUT2D eigenvalue weighted by molar-refractivity contribution is 6.01. The van der Waals surface area contributed by atoms with Gasteiger partial charge in [-0.25, -0.2) is 0 Å². The first-order valence-electron chi connectivity index (χ1n) is 3.40. The van der Waals surface area contributed by atoms with Crippen LogP contribution in [0.4, 0.5) is 0 Å². The van der Waals surface area contributed by atoms with Crippen LogP contribution in [0.5, 0.6) is 0 Å². The third-order valence-electron chi connectivity index (χ3n) is 1.33. The zero-order valence-electron chi connectivity index (χ0n) is 6.57. The third-order valence-corrected chi connectivity index (χ3v) is 1.33. The van der Waals surface area contributed by atoms with Crippen LogP contribution in [0.3, 0.4) is 0 Å². The Morgan fingerprint density at radius 1 is 1.75 bits per heavy atom. The van der Waals surface area contributed by atoms with Crippen molar-refractivity contribution in [3.63, 3.8) is 0 Å². The summed E-state index contributed by atoms with van der Waals surface area (Å²) in [5, 5.41) is 8.51. The van der Waals surface area contributed by atoms with Crippen LogP contribution < -0.4 is 0 Å². The van der Waals surface area contributed by atoms with Crippen molar-refractivity contribution in [1.29, 1.82) is 5.26 Å². The average molecular weight is 161 g/mol. The highest BCUT2D eigenvalue weighted by Gasteiger charge is 2.02. The zero-order chi connectivity index (χ0) is 8.97. The van der Waals surface area contributed by atoms with Crippen LogP contribution in [-0.2, 0) is 4.79 Å². The fraction of sp³-hybridized carbons (Fsp3) is 0.111. The second kappa shape index (κ2) is 3.54. The number of hydrogen-bond acceptors (Lipinski definition) is 3. The molecule has 0 spiro atoms. The molecule has 0 saturated carbocycles. The lowest BCUT2D eigenvalue weighted by molar-refractivity contribution is -0.113. The Kier molecular flexibility index (Phi) is 2.44. The van der Waals surface area contributed by atoms with Crippen molar-refractivity contribution in [2.24, 2.45) is 0 Å². The Labute approximate surface area is 69.9 Å². The van der Waals surface area contributed by atoms with Gasteiger partial charge in [-0.3, -0.25) is 4.79 Å². The van der Waals surface area contributed by atoms with Gasteiger partial charge in [-0.1, -0.05) is 0 Å². The minimum absolute atomic E-state index is 0.102. The van der Waals surface area contributed by atoms with Gasteiger partial charge in [0.05, 0.1) is 11.8 Å². The van der Waals surface area contributed by atoms with Crippen LogP contribution in [0.2, 0.25) is 0 Å². The Morgan fingerprint density at radius 3 is 2.92 bits per heavy atom. The fourth-order valence-corrected chi connectivity index (χ4v) is 0.728. The molecule has 1 heterocycles. The van der Waals surface area contributed by atoms with Gasteiger partial charge in [0.25, 0.3) is 0 Å². The Morgan fingerprint density at radius 2 is 2.50 bits per heavy atom. The highest BCUT2D eigenvalue weighted by Crippen LogP contribution is 2.07. The largest absolute Gasteiger partial charge is 0.465 e. The molecule has 0 radical (unpaired) electrons. The molecule has 0 fully saturated rings. The summed E-state index contributed by atoms with van der Waals surface area (Å²) in [4.78, 5) is 10.8. The minimum Gasteiger partial charge on any atom is -0.465 e. The number of rotatable bonds is 2. The smallest absolute Gasteiger partial charge is 0.170 e. The second-order valence-corrected chi connectivity index (χ2v) is 2.24. The van der Waals surface area contributed by atoms with E-state index in [1.165, 1.54) is 19.3 Å². The summed E-state index contributed by atoms with van der Waals surface area (Å²) < 4.78 is 4.94. The maximum Gasteiger partial charge on any atom is 0.170 e. The van der Waals surface area contributed by atoms with E-state index in [9.17, 15) is 4.79 Å². The van der Waals surface area contributed by atoms with Gasteiger partial charge in [0.2, 0.25) is 0 Å². The third kappa shape index (κ3) is 1.83. The van der Waals surface area contributed by atoms with E-state index in [2.05, 4.69) is 0 Å². The number of ketones is 1. The lowest BCUT2D eigenvalue weighted by atomic mass is 10.2. The van der Waals surface area contributed by atoms with E-state index >= 15 is 0 Å². The summed E-state index contributed by atoms with van der Waals surface area (Å²) in [5.74, 6) is 0.260. The van der Waals surface area contributed by atoms with Crippen LogP contribution in [-0.4, -0.2) is 5.78 Å². The maximum absolute atomic E-state index is 10.8. The molecule has 0 bridgehead atoms. The summed E-state index contributed by atoms with van der Waals surface area (Å²) in [5.41, 5.74) is 0.102. The monoisotopic (exact) mass is 161 g/mol. The van der Waals surface area contributed by atoms with Crippen LogP contribution in [0.15, 0.2) is 28.4 Å². The van der Waals surface area contributed by atoms with Crippen molar-refractivity contribution in [1.82, 2.24) is 0 Å². The summed E-state index contributed by atoms with van der Waals surface area (Å²) in [6.45, 7) is 1.35. The molecule has 1 rings (SSSR count). The SMILES string of the molecule is CC(=O)/C(C#N)=C\c1ccco1. The molecule has 60 valence electrons. The molecular weight excluding hydrogens is 154 g/mol. The molecule has 0 unspecified atom stereocenters. The topological polar surface area (TPSA) is 54.0 Å². The summed E-state index contributed by atoms with van der Waals surface area (Å²) in [7, 11) is 0. The van der Waals surface area contributed by atoms with Gasteiger partial charge < -0.3 is 4.42 Å². The number of allylic oxidation sites excluding steroid dienone is 1. The molecule has 1 aromatic heterocycles. The molecule has 0 aromatic carbocycles. The number of carbonyl (C=O) groups is 1. The predicted molar refractivity (Wildman–Crippen MR) is 43.0 cm³/mol. The Balaban J connectivity index is 2.95. The van der Waals surface area contributed by atoms with Gasteiger partial charge in [-0.15, -0.1) is 0 Å². The second-order valence-electron chi connectivity index (χ2n) is 2.24. The Hall–Kier alpha value is -1.82. The lowest BCUT2D eigenvalue weighted by Gasteiger charge is -1.87. The first-order valence-corrected chi connectivity index (χ1v) is 3.40. The van der Waals surface area contributed by atoms with Crippen molar-refractivity contribution < 1.29 is 9.21 Å². The zero-order valence-corrected chi connectivity index (χ0v) is 6.57. The van der Waals surface area contributed by atoms with Gasteiger partial charge in [-0.2, -0.15) is 5.26 Å². The van der Waals surface area contributed by atoms with Crippen molar-refractivity contribution in [3.8, 4) is 6.07 Å². The molecule has 0 aliphatic heterocycles. The van der Waals surface area contributed by atoms with E-state index in [1.54, 1.807) is 18.2 Å². The van der Waals surface area contributed by atoms with E-state index in [0.717, 1.165) is 0 Å². The normalized spacial score (nSPS) is 10.8. The first-order chi connectivity index (χ1) is 5.74. The van der Waals surface area contributed by atoms with E-state index < -0.39 is 0 Å². The van der Waals surface area contributed by atoms with Gasteiger partial charge in [0.1, 0.15) is 11.8 Å². The van der Waals surface area contributed by atoms with Crippen LogP contribution in [0.1, 0.15) is 12.7 Å². The van der Waals surface area contributed by atoms with Crippen molar-refractivity contribution in [2.45, 2.75) is 6.92 Å². The number of hydrogen-bond donors (Lipinski definition) is 0. The molecule has 0 amide bonds. The molecule has 0 atom stereocenters. The molecule has 1 aromatic rings. The maximum atomic E-state index is 10.8. The number of nitriles is 1. The predicted octanol–water partition coefficient (Wildman–Crippen LogP) is 1.78. The van der Waals surface area contributed by atoms with E-state index in [-0.39, 0.29) is 11.4 Å². The van der Waals surface area contributed by atoms with E-state index in [4.69, 9.17) is 9.68 Å². The molecule has 3 heteroatoms. The standard InChI is InChI=1S/C9H7NO2/c1-7(11)8(6-10)5-9-3-2-4-12-9/h2-5H,1H3/b8-5-. The minimum atomic E-state index is -0.256. The number of Topliss-reactive ketones (excluding diaryl/α,β-unsaturated/α-hetero) is 1. The van der Waals surface area contributed by atoms with E-state index in [0.29, 0.717) is 5.76 Å². The fourth-order valence-electron chi connectivity index (χ4n) is 0.728. The quantitative estimate of drug-likeness (QED) is 0.490. The molecule has 0 aliphatic carbocycles. The number of carbonyl (C=O) groups excluding carboxylic acids is 1. The molecular formula is C9H7NO2. The number of nitrogens with zero attached hydrogens (tertiary/aromatic N) is 1. The lowest BCUT2D eigenvalue weighted by Crippen LogP contribution is -1.92. The molecule has 12 heavy (non-hydrogen) atoms. The van der Waals surface area contributed by atoms with Crippen molar-refractivity contribution >= 4 is 11.9 Å². The van der Waals surface area contributed by atoms with Gasteiger partial charge in [0.15, 0.2) is 5.78 Å². The average Bonchev–Trinajstić information content (AvgIpc) is 2.51. The Bertz CT molecular complexity index is 341. The molecule has 0 saturated heterocycles. The van der Waals surface area contributed by atoms with Gasteiger partial charge >= 0.3 is 0 Å². The summed E-state index contributed by atoms with van der Waals surface area (Å²) >= 11 is 0. The molecule has 3 nitrogen and oxygen atoms in total. The highest BCUT2D eigenvalue weighted by atomic mass is 16.3.